The number of carbonyl (C=O) groups is 3. The minimum atomic E-state index is -4.04. The van der Waals surface area contributed by atoms with E-state index in [1.54, 1.807) is 36.4 Å². The number of sulfonamides is 1. The number of hydrogen-bond donors (Lipinski definition) is 3. The predicted octanol–water partition coefficient (Wildman–Crippen LogP) is 5.88. The maximum Gasteiger partial charge on any atom is 0.326 e. The molecule has 13 heteroatoms. The number of aliphatic carboxylic acids is 1. The molecule has 0 spiro atoms. The van der Waals surface area contributed by atoms with E-state index >= 15 is 0 Å². The minimum Gasteiger partial charge on any atom is -0.483 e. The first-order valence-corrected chi connectivity index (χ1v) is 19.8. The van der Waals surface area contributed by atoms with Crippen LogP contribution in [0.1, 0.15) is 70.4 Å². The Kier molecular flexibility index (Phi) is 12.1. The highest BCUT2D eigenvalue weighted by atomic mass is 32.2. The van der Waals surface area contributed by atoms with Crippen molar-refractivity contribution < 1.29 is 32.6 Å². The lowest BCUT2D eigenvalue weighted by Gasteiger charge is -2.40. The number of carbonyl (C=O) groups excluding carboxylic acids is 2. The lowest BCUT2D eigenvalue weighted by Crippen LogP contribution is -2.58. The molecule has 50 heavy (non-hydrogen) atoms. The molecule has 0 saturated carbocycles. The van der Waals surface area contributed by atoms with Crippen LogP contribution in [0.3, 0.4) is 0 Å². The Morgan fingerprint density at radius 1 is 1.02 bits per heavy atom. The first-order chi connectivity index (χ1) is 24.0. The molecule has 11 nitrogen and oxygen atoms in total. The molecular formula is C37H46N4O7S2. The van der Waals surface area contributed by atoms with Crippen LogP contribution < -0.4 is 19.7 Å². The highest BCUT2D eigenvalue weighted by Gasteiger charge is 2.43. The zero-order valence-electron chi connectivity index (χ0n) is 28.8. The monoisotopic (exact) mass is 722 g/mol. The van der Waals surface area contributed by atoms with Gasteiger partial charge in [-0.2, -0.15) is 0 Å². The van der Waals surface area contributed by atoms with Crippen molar-refractivity contribution in [1.29, 1.82) is 0 Å². The number of rotatable bonds is 15. The summed E-state index contributed by atoms with van der Waals surface area (Å²) in [6.07, 6.45) is 7.16. The van der Waals surface area contributed by atoms with Crippen LogP contribution in [0.25, 0.3) is 0 Å². The highest BCUT2D eigenvalue weighted by Crippen LogP contribution is 2.44. The number of thioether (sulfide) groups is 1. The summed E-state index contributed by atoms with van der Waals surface area (Å²) in [5.41, 5.74) is 1.20. The lowest BCUT2D eigenvalue weighted by atomic mass is 9.87. The average Bonchev–Trinajstić information content (AvgIpc) is 3.18. The first-order valence-electron chi connectivity index (χ1n) is 17.1. The van der Waals surface area contributed by atoms with E-state index in [9.17, 15) is 27.9 Å². The number of likely N-dealkylation sites (tertiary alicyclic amines) is 1. The van der Waals surface area contributed by atoms with Crippen LogP contribution in [0.2, 0.25) is 0 Å². The van der Waals surface area contributed by atoms with Crippen molar-refractivity contribution in [2.24, 2.45) is 0 Å². The van der Waals surface area contributed by atoms with Gasteiger partial charge in [0.2, 0.25) is 10.0 Å². The van der Waals surface area contributed by atoms with Gasteiger partial charge in [-0.25, -0.2) is 17.9 Å². The molecule has 3 aromatic rings. The van der Waals surface area contributed by atoms with Crippen molar-refractivity contribution in [3.8, 4) is 5.75 Å². The Labute approximate surface area is 298 Å². The third kappa shape index (κ3) is 8.27. The number of para-hydroxylation sites is 1. The van der Waals surface area contributed by atoms with Crippen LogP contribution >= 0.6 is 11.8 Å². The number of amides is 2. The number of nitrogens with zero attached hydrogens (tertiary/aromatic N) is 2. The molecule has 0 bridgehead atoms. The van der Waals surface area contributed by atoms with Crippen molar-refractivity contribution >= 4 is 50.9 Å². The molecular weight excluding hydrogens is 677 g/mol. The maximum absolute atomic E-state index is 14.3. The number of anilines is 2. The standard InChI is InChI=1S/C37H46N4O7S2/c1-4-6-19-37(20-7-5-2)25-41(27-16-12-9-13-17-27)29-22-31(49-3)30(23-32(29)50(46,47)39-37)48-24-33(42)38-34(26-14-10-8-11-15-26)35(43)40-21-18-28(40)36(44)45/h8-17,22-23,28,34,39H,4-7,18-21,24-25H2,1-3H3,(H,38,42)(H,44,45). The van der Waals surface area contributed by atoms with E-state index in [1.165, 1.54) is 22.7 Å². The van der Waals surface area contributed by atoms with E-state index in [4.69, 9.17) is 4.74 Å². The van der Waals surface area contributed by atoms with Crippen LogP contribution in [-0.4, -0.2) is 73.7 Å². The largest absolute Gasteiger partial charge is 0.483 e. The van der Waals surface area contributed by atoms with Crippen molar-refractivity contribution in [2.45, 2.75) is 86.2 Å². The van der Waals surface area contributed by atoms with E-state index < -0.39 is 52.0 Å². The first kappa shape index (κ1) is 37.2. The fraction of sp³-hybridized carbons (Fsp3) is 0.432. The second-order valence-corrected chi connectivity index (χ2v) is 15.4. The van der Waals surface area contributed by atoms with E-state index in [0.717, 1.165) is 31.4 Å². The molecule has 0 radical (unpaired) electrons. The van der Waals surface area contributed by atoms with Crippen LogP contribution in [0.15, 0.2) is 82.6 Å². The number of benzene rings is 3. The molecule has 0 aromatic heterocycles. The third-order valence-corrected chi connectivity index (χ3v) is 11.7. The number of unbranched alkanes of at least 4 members (excludes halogenated alkanes) is 2. The predicted molar refractivity (Wildman–Crippen MR) is 194 cm³/mol. The van der Waals surface area contributed by atoms with Crippen LogP contribution in [-0.2, 0) is 24.4 Å². The molecule has 5 rings (SSSR count). The fourth-order valence-electron chi connectivity index (χ4n) is 6.60. The molecule has 2 heterocycles. The van der Waals surface area contributed by atoms with Gasteiger partial charge >= 0.3 is 5.97 Å². The zero-order chi connectivity index (χ0) is 35.9. The maximum atomic E-state index is 14.3. The third-order valence-electron chi connectivity index (χ3n) is 9.35. The van der Waals surface area contributed by atoms with Gasteiger partial charge in [0.15, 0.2) is 6.61 Å². The second kappa shape index (κ2) is 16.3. The Morgan fingerprint density at radius 2 is 1.66 bits per heavy atom. The Bertz CT molecular complexity index is 1760. The van der Waals surface area contributed by atoms with E-state index in [1.807, 2.05) is 36.6 Å². The van der Waals surface area contributed by atoms with Gasteiger partial charge in [-0.15, -0.1) is 11.8 Å². The van der Waals surface area contributed by atoms with Gasteiger partial charge in [0.25, 0.3) is 11.8 Å². The number of nitrogens with one attached hydrogen (secondary N) is 2. The van der Waals surface area contributed by atoms with Crippen molar-refractivity contribution in [3.63, 3.8) is 0 Å². The lowest BCUT2D eigenvalue weighted by molar-refractivity contribution is -0.158. The van der Waals surface area contributed by atoms with E-state index in [2.05, 4.69) is 28.8 Å². The summed E-state index contributed by atoms with van der Waals surface area (Å²) in [5.74, 6) is -2.02. The Morgan fingerprint density at radius 3 is 2.22 bits per heavy atom. The molecule has 2 aliphatic heterocycles. The van der Waals surface area contributed by atoms with Crippen LogP contribution in [0.5, 0.6) is 5.75 Å². The molecule has 3 aromatic carbocycles. The molecule has 2 aliphatic rings. The van der Waals surface area contributed by atoms with Gasteiger partial charge in [-0.1, -0.05) is 88.1 Å². The van der Waals surface area contributed by atoms with Gasteiger partial charge in [0.05, 0.1) is 16.1 Å². The Hall–Kier alpha value is -4.07. The number of fused-ring (bicyclic) bond motifs is 1. The number of carboxylic acid groups (broad SMARTS) is 1. The van der Waals surface area contributed by atoms with Gasteiger partial charge < -0.3 is 25.0 Å². The van der Waals surface area contributed by atoms with Gasteiger partial charge in [-0.3, -0.25) is 9.59 Å². The summed E-state index contributed by atoms with van der Waals surface area (Å²) in [6, 6.07) is 19.6. The second-order valence-electron chi connectivity index (χ2n) is 12.9. The Balaban J connectivity index is 1.46. The number of ether oxygens (including phenoxy) is 1. The number of hydrogen-bond acceptors (Lipinski definition) is 8. The van der Waals surface area contributed by atoms with E-state index in [0.29, 0.717) is 42.0 Å². The van der Waals surface area contributed by atoms with E-state index in [-0.39, 0.29) is 17.2 Å². The molecule has 2 amide bonds. The average molecular weight is 723 g/mol. The summed E-state index contributed by atoms with van der Waals surface area (Å²) in [4.78, 5) is 42.5. The van der Waals surface area contributed by atoms with Gasteiger partial charge in [0.1, 0.15) is 22.7 Å². The summed E-state index contributed by atoms with van der Waals surface area (Å²) in [6.45, 7) is 4.43. The van der Waals surface area contributed by atoms with Crippen LogP contribution in [0, 0.1) is 0 Å². The zero-order valence-corrected chi connectivity index (χ0v) is 30.4. The molecule has 2 atom stereocenters. The molecule has 2 unspecified atom stereocenters. The van der Waals surface area contributed by atoms with Gasteiger partial charge in [-0.05, 0) is 49.3 Å². The SMILES string of the molecule is CCCCC1(CCCC)CN(c2ccccc2)c2cc(SC)c(OCC(=O)NC(C(=O)N3CCC3C(=O)O)c3ccccc3)cc2S(=O)(=O)N1. The molecule has 268 valence electrons. The molecule has 1 fully saturated rings. The minimum absolute atomic E-state index is 0.0549. The summed E-state index contributed by atoms with van der Waals surface area (Å²) < 4.78 is 37.7. The van der Waals surface area contributed by atoms with Crippen molar-refractivity contribution in [2.75, 3.05) is 30.9 Å². The molecule has 3 N–H and O–H groups in total. The summed E-state index contributed by atoms with van der Waals surface area (Å²) in [7, 11) is -4.04. The number of carboxylic acids is 1. The smallest absolute Gasteiger partial charge is 0.326 e. The van der Waals surface area contributed by atoms with Crippen molar-refractivity contribution in [3.05, 3.63) is 78.4 Å². The topological polar surface area (TPSA) is 145 Å². The van der Waals surface area contributed by atoms with Gasteiger partial charge in [0, 0.05) is 24.8 Å². The highest BCUT2D eigenvalue weighted by molar-refractivity contribution is 7.98. The summed E-state index contributed by atoms with van der Waals surface area (Å²) in [5, 5.41) is 12.2. The fourth-order valence-corrected chi connectivity index (χ4v) is 8.80. The molecule has 0 aliphatic carbocycles. The quantitative estimate of drug-likeness (QED) is 0.164. The van der Waals surface area contributed by atoms with Crippen molar-refractivity contribution in [1.82, 2.24) is 14.9 Å². The van der Waals surface area contributed by atoms with Crippen LogP contribution in [0.4, 0.5) is 11.4 Å². The molecule has 1 saturated heterocycles. The summed E-state index contributed by atoms with van der Waals surface area (Å²) >= 11 is 1.37. The normalized spacial score (nSPS) is 18.3.